The summed E-state index contributed by atoms with van der Waals surface area (Å²) in [5.74, 6) is 0.204. The van der Waals surface area contributed by atoms with Gasteiger partial charge in [-0.3, -0.25) is 9.97 Å². The molecule has 4 heteroatoms. The van der Waals surface area contributed by atoms with E-state index in [1.165, 1.54) is 5.56 Å². The topological polar surface area (TPSA) is 46.0 Å². The SMILES string of the molecule is CC(C)(C)c1ccc(-c2cc(-c3cccc4ccccc34)cc(-c3[c-]c(-c4cc(-c5ccccc5)c(C(C)(C)c5ccccc5)cn4)cc(-c4ccccc4)c3)n2)c(O)c1.[Pt]. The fourth-order valence-electron chi connectivity index (χ4n) is 8.26. The van der Waals surface area contributed by atoms with Crippen LogP contribution < -0.4 is 0 Å². The number of hydrogen-bond acceptors (Lipinski definition) is 3. The Kier molecular flexibility index (Phi) is 11.5. The molecule has 0 spiro atoms. The van der Waals surface area contributed by atoms with Crippen LogP contribution in [-0.4, -0.2) is 15.1 Å². The zero-order chi connectivity index (χ0) is 41.4. The maximum atomic E-state index is 11.6. The molecule has 0 aliphatic carbocycles. The maximum Gasteiger partial charge on any atom is 0.125 e. The minimum absolute atomic E-state index is 0. The van der Waals surface area contributed by atoms with E-state index in [2.05, 4.69) is 211 Å². The van der Waals surface area contributed by atoms with Gasteiger partial charge in [-0.05, 0) is 78.9 Å². The van der Waals surface area contributed by atoms with Crippen molar-refractivity contribution in [1.82, 2.24) is 9.97 Å². The minimum Gasteiger partial charge on any atom is -0.507 e. The average Bonchev–Trinajstić information content (AvgIpc) is 3.29. The van der Waals surface area contributed by atoms with Crippen molar-refractivity contribution in [2.24, 2.45) is 0 Å². The van der Waals surface area contributed by atoms with Gasteiger partial charge in [-0.2, -0.15) is 0 Å². The summed E-state index contributed by atoms with van der Waals surface area (Å²) >= 11 is 0. The molecule has 0 fully saturated rings. The number of rotatable bonds is 8. The fourth-order valence-corrected chi connectivity index (χ4v) is 8.26. The quantitative estimate of drug-likeness (QED) is 0.154. The molecule has 0 radical (unpaired) electrons. The van der Waals surface area contributed by atoms with E-state index >= 15 is 0 Å². The first kappa shape index (κ1) is 41.3. The molecule has 0 amide bonds. The van der Waals surface area contributed by atoms with Gasteiger partial charge in [0.05, 0.1) is 5.69 Å². The van der Waals surface area contributed by atoms with Crippen LogP contribution in [-0.2, 0) is 31.9 Å². The second kappa shape index (κ2) is 16.9. The number of aromatic nitrogens is 2. The van der Waals surface area contributed by atoms with Gasteiger partial charge in [-0.25, -0.2) is 0 Å². The smallest absolute Gasteiger partial charge is 0.125 e. The van der Waals surface area contributed by atoms with Crippen molar-refractivity contribution < 1.29 is 26.2 Å². The van der Waals surface area contributed by atoms with Gasteiger partial charge in [0.2, 0.25) is 0 Å². The van der Waals surface area contributed by atoms with Gasteiger partial charge < -0.3 is 5.11 Å². The van der Waals surface area contributed by atoms with Crippen molar-refractivity contribution >= 4 is 10.8 Å². The van der Waals surface area contributed by atoms with E-state index in [1.807, 2.05) is 18.2 Å². The van der Waals surface area contributed by atoms with Gasteiger partial charge in [0.1, 0.15) is 5.75 Å². The van der Waals surface area contributed by atoms with E-state index in [0.717, 1.165) is 77.8 Å². The third-order valence-electron chi connectivity index (χ3n) is 11.8. The summed E-state index contributed by atoms with van der Waals surface area (Å²) in [5, 5.41) is 13.9. The summed E-state index contributed by atoms with van der Waals surface area (Å²) in [5.41, 5.74) is 14.1. The number of fused-ring (bicyclic) bond motifs is 1. The number of phenols is 1. The minimum atomic E-state index is -0.308. The summed E-state index contributed by atoms with van der Waals surface area (Å²) in [6, 6.07) is 67.2. The summed E-state index contributed by atoms with van der Waals surface area (Å²) in [7, 11) is 0. The van der Waals surface area contributed by atoms with Crippen LogP contribution in [0.3, 0.4) is 0 Å². The molecule has 0 aliphatic heterocycles. The molecule has 0 saturated heterocycles. The second-order valence-corrected chi connectivity index (χ2v) is 17.2. The number of benzene rings is 7. The summed E-state index contributed by atoms with van der Waals surface area (Å²) in [6.45, 7) is 11.0. The first-order valence-corrected chi connectivity index (χ1v) is 20.6. The normalized spacial score (nSPS) is 11.6. The van der Waals surface area contributed by atoms with Gasteiger partial charge in [0, 0.05) is 49.6 Å². The van der Waals surface area contributed by atoms with Crippen molar-refractivity contribution in [2.75, 3.05) is 0 Å². The summed E-state index contributed by atoms with van der Waals surface area (Å²) in [6.07, 6.45) is 2.05. The zero-order valence-corrected chi connectivity index (χ0v) is 37.3. The third kappa shape index (κ3) is 8.36. The monoisotopic (exact) mass is 970 g/mol. The molecule has 7 aromatic carbocycles. The second-order valence-electron chi connectivity index (χ2n) is 17.2. The van der Waals surface area contributed by atoms with Crippen LogP contribution in [0.15, 0.2) is 188 Å². The largest absolute Gasteiger partial charge is 0.507 e. The molecule has 2 heterocycles. The van der Waals surface area contributed by atoms with Crippen LogP contribution in [0.5, 0.6) is 5.75 Å². The average molecular weight is 971 g/mol. The molecule has 0 atom stereocenters. The van der Waals surface area contributed by atoms with E-state index in [4.69, 9.17) is 9.97 Å². The van der Waals surface area contributed by atoms with Crippen LogP contribution in [0.2, 0.25) is 0 Å². The van der Waals surface area contributed by atoms with E-state index < -0.39 is 0 Å². The van der Waals surface area contributed by atoms with Crippen LogP contribution in [0.4, 0.5) is 0 Å². The Morgan fingerprint density at radius 2 is 1.07 bits per heavy atom. The van der Waals surface area contributed by atoms with Gasteiger partial charge in [-0.15, -0.1) is 18.2 Å². The van der Waals surface area contributed by atoms with Gasteiger partial charge in [0.15, 0.2) is 0 Å². The Labute approximate surface area is 374 Å². The molecule has 3 nitrogen and oxygen atoms in total. The van der Waals surface area contributed by atoms with Gasteiger partial charge >= 0.3 is 0 Å². The maximum absolute atomic E-state index is 11.6. The van der Waals surface area contributed by atoms with E-state index in [1.54, 1.807) is 0 Å². The summed E-state index contributed by atoms with van der Waals surface area (Å²) in [4.78, 5) is 10.6. The molecule has 9 rings (SSSR count). The molecule has 0 bridgehead atoms. The first-order valence-electron chi connectivity index (χ1n) is 20.6. The molecule has 0 saturated carbocycles. The molecular formula is C57H47N2OPt-. The number of nitrogens with zero attached hydrogens (tertiary/aromatic N) is 2. The molecule has 9 aromatic rings. The molecule has 0 aliphatic rings. The fraction of sp³-hybridized carbons (Fsp3) is 0.123. The number of aromatic hydroxyl groups is 1. The molecule has 1 N–H and O–H groups in total. The predicted molar refractivity (Wildman–Crippen MR) is 250 cm³/mol. The van der Waals surface area contributed by atoms with Crippen molar-refractivity contribution in [2.45, 2.75) is 45.4 Å². The Morgan fingerprint density at radius 1 is 0.459 bits per heavy atom. The van der Waals surface area contributed by atoms with Gasteiger partial charge in [0.25, 0.3) is 0 Å². The van der Waals surface area contributed by atoms with Crippen LogP contribution >= 0.6 is 0 Å². The third-order valence-corrected chi connectivity index (χ3v) is 11.8. The molecule has 2 aromatic heterocycles. The molecular weight excluding hydrogens is 924 g/mol. The first-order chi connectivity index (χ1) is 29.0. The van der Waals surface area contributed by atoms with Crippen molar-refractivity contribution in [3.8, 4) is 72.9 Å². The number of hydrogen-bond donors (Lipinski definition) is 1. The van der Waals surface area contributed by atoms with Crippen LogP contribution in [0.1, 0.15) is 51.3 Å². The van der Waals surface area contributed by atoms with Crippen molar-refractivity contribution in [1.29, 1.82) is 0 Å². The zero-order valence-electron chi connectivity index (χ0n) is 35.1. The number of pyridine rings is 2. The van der Waals surface area contributed by atoms with Crippen molar-refractivity contribution in [3.63, 3.8) is 0 Å². The Morgan fingerprint density at radius 3 is 1.75 bits per heavy atom. The molecule has 302 valence electrons. The number of phenolic OH excluding ortho intramolecular Hbond substituents is 1. The van der Waals surface area contributed by atoms with Crippen molar-refractivity contribution in [3.05, 3.63) is 211 Å². The summed E-state index contributed by atoms with van der Waals surface area (Å²) < 4.78 is 0. The van der Waals surface area contributed by atoms with E-state index in [9.17, 15) is 5.11 Å². The molecule has 0 unspecified atom stereocenters. The molecule has 61 heavy (non-hydrogen) atoms. The van der Waals surface area contributed by atoms with Crippen LogP contribution in [0, 0.1) is 6.07 Å². The van der Waals surface area contributed by atoms with Crippen LogP contribution in [0.25, 0.3) is 77.9 Å². The van der Waals surface area contributed by atoms with Gasteiger partial charge in [-0.1, -0.05) is 203 Å². The Hall–Kier alpha value is -6.41. The standard InChI is InChI=1S/C57H47N2O.Pt/c1-56(2,3)46-28-29-49(55(60)35-46)54-34-42(48-27-17-23-39-22-15-16-26-47(39)48)33-53(59-54)44-31-41(38-18-9-6-10-19-38)30-43(32-44)52-36-50(40-20-11-7-12-21-40)51(37-58-52)57(4,5)45-24-13-8-14-25-45;/h6-31,33-37,60H,1-5H3;/q-1;. The Bertz CT molecular complexity index is 2980. The Balaban J connectivity index is 0.00000514. The van der Waals surface area contributed by atoms with E-state index in [0.29, 0.717) is 11.3 Å². The van der Waals surface area contributed by atoms with E-state index in [-0.39, 0.29) is 37.6 Å². The predicted octanol–water partition coefficient (Wildman–Crippen LogP) is 14.8.